The molecule has 0 atom stereocenters. The fourth-order valence-electron chi connectivity index (χ4n) is 1.85. The summed E-state index contributed by atoms with van der Waals surface area (Å²) in [6, 6.07) is 7.02. The number of phosphoric ester groups is 1. The monoisotopic (exact) mass is 336 g/mol. The van der Waals surface area contributed by atoms with Gasteiger partial charge in [0.05, 0.1) is 0 Å². The van der Waals surface area contributed by atoms with Crippen LogP contribution in [0.3, 0.4) is 0 Å². The van der Waals surface area contributed by atoms with E-state index in [2.05, 4.69) is 11.4 Å². The zero-order chi connectivity index (χ0) is 13.4. The van der Waals surface area contributed by atoms with Crippen molar-refractivity contribution in [2.24, 2.45) is 0 Å². The third kappa shape index (κ3) is 8.54. The van der Waals surface area contributed by atoms with E-state index in [4.69, 9.17) is 9.79 Å². The Bertz CT molecular complexity index is 405. The molecule has 0 radical (unpaired) electrons. The Hall–Kier alpha value is -0.207. The van der Waals surface area contributed by atoms with E-state index in [1.165, 1.54) is 19.3 Å². The summed E-state index contributed by atoms with van der Waals surface area (Å²) in [5, 5.41) is 0. The Kier molecular flexibility index (Phi) is 9.55. The van der Waals surface area contributed by atoms with E-state index in [9.17, 15) is 4.57 Å². The fourth-order valence-corrected chi connectivity index (χ4v) is 2.28. The molecule has 0 bridgehead atoms. The summed E-state index contributed by atoms with van der Waals surface area (Å²) >= 11 is 0. The summed E-state index contributed by atoms with van der Waals surface area (Å²) in [4.78, 5) is 17.7. The maximum atomic E-state index is 10.8. The number of hydrogen-bond acceptors (Lipinski definition) is 2. The second-order valence-electron chi connectivity index (χ2n) is 4.35. The van der Waals surface area contributed by atoms with Crippen LogP contribution in [0.5, 0.6) is 5.75 Å². The number of rotatable bonds is 8. The molecular weight excluding hydrogens is 317 g/mol. The Morgan fingerprint density at radius 2 is 1.74 bits per heavy atom. The van der Waals surface area contributed by atoms with Gasteiger partial charge < -0.3 is 4.52 Å². The molecule has 0 amide bonds. The van der Waals surface area contributed by atoms with Gasteiger partial charge in [0.1, 0.15) is 5.75 Å². The molecule has 0 heterocycles. The molecule has 4 nitrogen and oxygen atoms in total. The third-order valence-corrected chi connectivity index (χ3v) is 3.17. The normalized spacial score (nSPS) is 10.9. The van der Waals surface area contributed by atoms with Crippen molar-refractivity contribution in [3.8, 4) is 5.75 Å². The summed E-state index contributed by atoms with van der Waals surface area (Å²) < 4.78 is 15.5. The molecule has 1 aromatic carbocycles. The number of para-hydroxylation sites is 1. The Balaban J connectivity index is 0.00000324. The van der Waals surface area contributed by atoms with Crippen molar-refractivity contribution in [3.05, 3.63) is 29.8 Å². The molecule has 0 aliphatic carbocycles. The number of unbranched alkanes of at least 4 members (excludes halogenated alkanes) is 4. The van der Waals surface area contributed by atoms with Gasteiger partial charge in [-0.05, 0) is 24.5 Å². The van der Waals surface area contributed by atoms with Crippen molar-refractivity contribution in [3.63, 3.8) is 0 Å². The van der Waals surface area contributed by atoms with Crippen LogP contribution < -0.4 is 4.52 Å². The molecule has 104 valence electrons. The molecule has 0 saturated heterocycles. The predicted molar refractivity (Wildman–Crippen MR) is 71.6 cm³/mol. The van der Waals surface area contributed by atoms with E-state index in [1.807, 2.05) is 12.1 Å². The first-order valence-electron chi connectivity index (χ1n) is 6.36. The van der Waals surface area contributed by atoms with Crippen molar-refractivity contribution in [2.75, 3.05) is 0 Å². The van der Waals surface area contributed by atoms with Crippen LogP contribution in [-0.4, -0.2) is 9.79 Å². The van der Waals surface area contributed by atoms with Crippen LogP contribution in [0.2, 0.25) is 0 Å². The van der Waals surface area contributed by atoms with Gasteiger partial charge >= 0.3 is 7.82 Å². The van der Waals surface area contributed by atoms with Crippen LogP contribution in [0, 0.1) is 0 Å². The predicted octanol–water partition coefficient (Wildman–Crippen LogP) is 3.67. The maximum Gasteiger partial charge on any atom is 0.524 e. The average molecular weight is 338 g/mol. The van der Waals surface area contributed by atoms with Gasteiger partial charge in [0, 0.05) is 19.5 Å². The molecule has 0 unspecified atom stereocenters. The zero-order valence-electron chi connectivity index (χ0n) is 11.4. The number of aryl methyl sites for hydroxylation is 1. The van der Waals surface area contributed by atoms with Crippen LogP contribution in [0.15, 0.2) is 24.3 Å². The van der Waals surface area contributed by atoms with E-state index in [0.717, 1.165) is 24.8 Å². The van der Waals surface area contributed by atoms with Crippen molar-refractivity contribution in [2.45, 2.75) is 45.4 Å². The van der Waals surface area contributed by atoms with Gasteiger partial charge in [-0.25, -0.2) is 4.57 Å². The van der Waals surface area contributed by atoms with Gasteiger partial charge in [0.25, 0.3) is 0 Å². The number of benzene rings is 1. The maximum absolute atomic E-state index is 10.8. The summed E-state index contributed by atoms with van der Waals surface area (Å²) in [5.41, 5.74) is 0.859. The molecule has 6 heteroatoms. The first-order chi connectivity index (χ1) is 8.53. The zero-order valence-corrected chi connectivity index (χ0v) is 15.3. The second kappa shape index (κ2) is 9.66. The minimum Gasteiger partial charge on any atom is -0.404 e. The standard InChI is InChI=1S/C13H21O4P.Zn/c1-2-3-4-5-6-9-12-10-7-8-11-13(12)17-18(14,15)16;/h7-8,10-11H,2-6,9H2,1H3,(H2,14,15,16);. The summed E-state index contributed by atoms with van der Waals surface area (Å²) in [6.45, 7) is 2.17. The topological polar surface area (TPSA) is 66.8 Å². The first-order valence-corrected chi connectivity index (χ1v) is 7.89. The second-order valence-corrected chi connectivity index (χ2v) is 5.52. The first kappa shape index (κ1) is 18.8. The molecular formula is C13H21O4PZn. The number of hydrogen-bond donors (Lipinski definition) is 2. The molecule has 0 aliphatic rings. The summed E-state index contributed by atoms with van der Waals surface area (Å²) in [5.74, 6) is 0.293. The van der Waals surface area contributed by atoms with Gasteiger partial charge in [-0.3, -0.25) is 9.79 Å². The van der Waals surface area contributed by atoms with Crippen molar-refractivity contribution >= 4 is 7.82 Å². The molecule has 0 aliphatic heterocycles. The number of phosphoric acid groups is 1. The molecule has 19 heavy (non-hydrogen) atoms. The summed E-state index contributed by atoms with van der Waals surface area (Å²) in [6.07, 6.45) is 6.59. The molecule has 0 aromatic heterocycles. The van der Waals surface area contributed by atoms with Crippen LogP contribution in [0.25, 0.3) is 0 Å². The smallest absolute Gasteiger partial charge is 0.404 e. The molecule has 1 rings (SSSR count). The molecule has 0 spiro atoms. The average Bonchev–Trinajstić information content (AvgIpc) is 2.29. The Morgan fingerprint density at radius 3 is 2.37 bits per heavy atom. The Morgan fingerprint density at radius 1 is 1.11 bits per heavy atom. The van der Waals surface area contributed by atoms with Crippen molar-refractivity contribution in [1.82, 2.24) is 0 Å². The van der Waals surface area contributed by atoms with Crippen LogP contribution in [0.1, 0.15) is 44.6 Å². The molecule has 0 saturated carbocycles. The van der Waals surface area contributed by atoms with Crippen LogP contribution in [0.4, 0.5) is 0 Å². The van der Waals surface area contributed by atoms with Crippen LogP contribution >= 0.6 is 7.82 Å². The fraction of sp³-hybridized carbons (Fsp3) is 0.538. The van der Waals surface area contributed by atoms with Gasteiger partial charge in [0.2, 0.25) is 0 Å². The molecule has 1 aromatic rings. The summed E-state index contributed by atoms with van der Waals surface area (Å²) in [7, 11) is -4.46. The van der Waals surface area contributed by atoms with E-state index in [-0.39, 0.29) is 19.5 Å². The molecule has 0 fully saturated rings. The SMILES string of the molecule is CCCCCCCc1ccccc1OP(=O)(O)O.[Zn]. The van der Waals surface area contributed by atoms with Crippen molar-refractivity contribution in [1.29, 1.82) is 0 Å². The van der Waals surface area contributed by atoms with E-state index in [0.29, 0.717) is 5.75 Å². The van der Waals surface area contributed by atoms with Crippen molar-refractivity contribution < 1.29 is 38.4 Å². The largest absolute Gasteiger partial charge is 0.524 e. The minimum absolute atomic E-state index is 0. The van der Waals surface area contributed by atoms with Gasteiger partial charge in [0.15, 0.2) is 0 Å². The van der Waals surface area contributed by atoms with E-state index < -0.39 is 7.82 Å². The van der Waals surface area contributed by atoms with Crippen LogP contribution in [-0.2, 0) is 30.5 Å². The molecule has 2 N–H and O–H groups in total. The van der Waals surface area contributed by atoms with Gasteiger partial charge in [-0.15, -0.1) is 0 Å². The van der Waals surface area contributed by atoms with E-state index >= 15 is 0 Å². The van der Waals surface area contributed by atoms with E-state index in [1.54, 1.807) is 12.1 Å². The van der Waals surface area contributed by atoms with Gasteiger partial charge in [-0.2, -0.15) is 0 Å². The quantitative estimate of drug-likeness (QED) is 0.431. The third-order valence-electron chi connectivity index (χ3n) is 2.74. The van der Waals surface area contributed by atoms with Gasteiger partial charge in [-0.1, -0.05) is 50.8 Å². The minimum atomic E-state index is -4.46. The Labute approximate surface area is 127 Å².